The van der Waals surface area contributed by atoms with Crippen molar-refractivity contribution >= 4 is 35.4 Å². The van der Waals surface area contributed by atoms with Crippen molar-refractivity contribution in [3.63, 3.8) is 0 Å². The molecule has 0 saturated carbocycles. The fourth-order valence-electron chi connectivity index (χ4n) is 0.873. The van der Waals surface area contributed by atoms with Crippen LogP contribution in [0.2, 0.25) is 10.0 Å². The van der Waals surface area contributed by atoms with E-state index in [1.54, 1.807) is 18.2 Å². The second-order valence-corrected chi connectivity index (χ2v) is 3.53. The van der Waals surface area contributed by atoms with Gasteiger partial charge in [0, 0.05) is 5.56 Å². The Bertz CT molecular complexity index is 387. The number of halogens is 2. The molecule has 0 heterocycles. The summed E-state index contributed by atoms with van der Waals surface area (Å²) in [6.07, 6.45) is 1.34. The minimum absolute atomic E-state index is 0.255. The third-order valence-electron chi connectivity index (χ3n) is 1.67. The average molecular weight is 262 g/mol. The molecule has 0 saturated heterocycles. The first-order valence-corrected chi connectivity index (χ1v) is 5.07. The van der Waals surface area contributed by atoms with Gasteiger partial charge in [-0.05, 0) is 12.1 Å². The zero-order chi connectivity index (χ0) is 12.0. The van der Waals surface area contributed by atoms with Crippen LogP contribution in [0.4, 0.5) is 0 Å². The van der Waals surface area contributed by atoms with Gasteiger partial charge < -0.3 is 9.57 Å². The third kappa shape index (κ3) is 3.72. The highest BCUT2D eigenvalue weighted by atomic mass is 35.5. The van der Waals surface area contributed by atoms with Crippen LogP contribution in [0.1, 0.15) is 5.56 Å². The lowest BCUT2D eigenvalue weighted by atomic mass is 10.2. The minimum Gasteiger partial charge on any atom is -0.466 e. The van der Waals surface area contributed by atoms with Crippen LogP contribution in [-0.2, 0) is 14.4 Å². The molecule has 1 aromatic carbocycles. The Morgan fingerprint density at radius 3 is 2.62 bits per heavy atom. The monoisotopic (exact) mass is 261 g/mol. The van der Waals surface area contributed by atoms with E-state index in [2.05, 4.69) is 14.7 Å². The van der Waals surface area contributed by atoms with Gasteiger partial charge in [0.2, 0.25) is 6.61 Å². The zero-order valence-corrected chi connectivity index (χ0v) is 9.96. The number of nitrogens with zero attached hydrogens (tertiary/aromatic N) is 1. The lowest BCUT2D eigenvalue weighted by molar-refractivity contribution is -0.145. The minimum atomic E-state index is -0.512. The maximum Gasteiger partial charge on any atom is 0.346 e. The molecular weight excluding hydrogens is 253 g/mol. The van der Waals surface area contributed by atoms with E-state index in [1.165, 1.54) is 13.3 Å². The van der Waals surface area contributed by atoms with E-state index in [1.807, 2.05) is 0 Å². The SMILES string of the molecule is COC(=O)CON=Cc1c(Cl)cccc1Cl. The molecule has 0 atom stereocenters. The quantitative estimate of drug-likeness (QED) is 0.476. The van der Waals surface area contributed by atoms with Crippen LogP contribution in [-0.4, -0.2) is 25.9 Å². The Kier molecular flexibility index (Phi) is 5.08. The van der Waals surface area contributed by atoms with Crippen molar-refractivity contribution in [3.05, 3.63) is 33.8 Å². The fraction of sp³-hybridized carbons (Fsp3) is 0.200. The van der Waals surface area contributed by atoms with Crippen LogP contribution in [0.15, 0.2) is 23.4 Å². The summed E-state index contributed by atoms with van der Waals surface area (Å²) < 4.78 is 4.36. The van der Waals surface area contributed by atoms with Gasteiger partial charge in [0.15, 0.2) is 0 Å². The first-order chi connectivity index (χ1) is 7.65. The summed E-state index contributed by atoms with van der Waals surface area (Å²) in [5.74, 6) is -0.512. The number of oxime groups is 1. The molecule has 0 aliphatic rings. The number of carbonyl (C=O) groups is 1. The Balaban J connectivity index is 2.59. The van der Waals surface area contributed by atoms with E-state index in [0.717, 1.165) is 0 Å². The van der Waals surface area contributed by atoms with Gasteiger partial charge in [-0.25, -0.2) is 4.79 Å². The predicted molar refractivity (Wildman–Crippen MR) is 62.0 cm³/mol. The topological polar surface area (TPSA) is 47.9 Å². The number of ether oxygens (including phenoxy) is 1. The number of esters is 1. The van der Waals surface area contributed by atoms with E-state index < -0.39 is 5.97 Å². The molecule has 0 fully saturated rings. The summed E-state index contributed by atoms with van der Waals surface area (Å²) in [6, 6.07) is 5.07. The molecule has 0 aliphatic carbocycles. The highest BCUT2D eigenvalue weighted by molar-refractivity contribution is 6.38. The summed E-state index contributed by atoms with van der Waals surface area (Å²) >= 11 is 11.8. The summed E-state index contributed by atoms with van der Waals surface area (Å²) in [7, 11) is 1.26. The fourth-order valence-corrected chi connectivity index (χ4v) is 1.37. The van der Waals surface area contributed by atoms with E-state index >= 15 is 0 Å². The van der Waals surface area contributed by atoms with E-state index in [9.17, 15) is 4.79 Å². The van der Waals surface area contributed by atoms with Crippen LogP contribution < -0.4 is 0 Å². The summed E-state index contributed by atoms with van der Waals surface area (Å²) in [5, 5.41) is 4.47. The molecule has 1 aromatic rings. The summed E-state index contributed by atoms with van der Waals surface area (Å²) in [6.45, 7) is -0.255. The van der Waals surface area contributed by atoms with E-state index in [4.69, 9.17) is 23.2 Å². The predicted octanol–water partition coefficient (Wildman–Crippen LogP) is 2.52. The van der Waals surface area contributed by atoms with Crippen LogP contribution >= 0.6 is 23.2 Å². The number of methoxy groups -OCH3 is 1. The van der Waals surface area contributed by atoms with Crippen molar-refractivity contribution in [2.75, 3.05) is 13.7 Å². The molecule has 0 aromatic heterocycles. The lowest BCUT2D eigenvalue weighted by Crippen LogP contribution is -2.07. The molecule has 0 N–H and O–H groups in total. The zero-order valence-electron chi connectivity index (χ0n) is 8.44. The van der Waals surface area contributed by atoms with Crippen LogP contribution in [0.5, 0.6) is 0 Å². The van der Waals surface area contributed by atoms with Gasteiger partial charge in [-0.1, -0.05) is 34.4 Å². The van der Waals surface area contributed by atoms with Crippen molar-refractivity contribution in [2.24, 2.45) is 5.16 Å². The molecular formula is C10H9Cl2NO3. The molecule has 1 rings (SSSR count). The molecule has 0 spiro atoms. The molecule has 0 radical (unpaired) electrons. The Morgan fingerprint density at radius 1 is 1.44 bits per heavy atom. The third-order valence-corrected chi connectivity index (χ3v) is 2.33. The van der Waals surface area contributed by atoms with Crippen LogP contribution in [0.3, 0.4) is 0 Å². The maximum absolute atomic E-state index is 10.7. The summed E-state index contributed by atoms with van der Waals surface area (Å²) in [4.78, 5) is 15.4. The standard InChI is InChI=1S/C10H9Cl2NO3/c1-15-10(14)6-16-13-5-7-8(11)3-2-4-9(7)12/h2-5H,6H2,1H3. The van der Waals surface area contributed by atoms with Gasteiger partial charge in [0.1, 0.15) is 0 Å². The molecule has 0 aliphatic heterocycles. The molecule has 0 bridgehead atoms. The van der Waals surface area contributed by atoms with Gasteiger partial charge in [0.25, 0.3) is 0 Å². The molecule has 0 unspecified atom stereocenters. The molecule has 4 nitrogen and oxygen atoms in total. The molecule has 16 heavy (non-hydrogen) atoms. The van der Waals surface area contributed by atoms with Crippen molar-refractivity contribution in [1.29, 1.82) is 0 Å². The van der Waals surface area contributed by atoms with Crippen LogP contribution in [0.25, 0.3) is 0 Å². The number of hydrogen-bond donors (Lipinski definition) is 0. The van der Waals surface area contributed by atoms with E-state index in [-0.39, 0.29) is 6.61 Å². The second-order valence-electron chi connectivity index (χ2n) is 2.72. The number of benzene rings is 1. The normalized spacial score (nSPS) is 10.4. The molecule has 6 heteroatoms. The molecule has 86 valence electrons. The number of rotatable bonds is 4. The van der Waals surface area contributed by atoms with Gasteiger partial charge in [-0.15, -0.1) is 0 Å². The maximum atomic E-state index is 10.7. The van der Waals surface area contributed by atoms with Gasteiger partial charge in [0.05, 0.1) is 23.4 Å². The molecule has 0 amide bonds. The van der Waals surface area contributed by atoms with Gasteiger partial charge in [-0.3, -0.25) is 0 Å². The second kappa shape index (κ2) is 6.35. The van der Waals surface area contributed by atoms with Gasteiger partial charge >= 0.3 is 5.97 Å². The lowest BCUT2D eigenvalue weighted by Gasteiger charge is -2.00. The highest BCUT2D eigenvalue weighted by Gasteiger charge is 2.02. The number of hydrogen-bond acceptors (Lipinski definition) is 4. The van der Waals surface area contributed by atoms with E-state index in [0.29, 0.717) is 15.6 Å². The smallest absolute Gasteiger partial charge is 0.346 e. The Morgan fingerprint density at radius 2 is 2.06 bits per heavy atom. The van der Waals surface area contributed by atoms with Crippen molar-refractivity contribution in [3.8, 4) is 0 Å². The first kappa shape index (κ1) is 12.8. The summed E-state index contributed by atoms with van der Waals surface area (Å²) in [5.41, 5.74) is 0.538. The van der Waals surface area contributed by atoms with Crippen molar-refractivity contribution < 1.29 is 14.4 Å². The Labute approximate surface area is 103 Å². The highest BCUT2D eigenvalue weighted by Crippen LogP contribution is 2.22. The largest absolute Gasteiger partial charge is 0.466 e. The number of carbonyl (C=O) groups excluding carboxylic acids is 1. The first-order valence-electron chi connectivity index (χ1n) is 4.31. The van der Waals surface area contributed by atoms with Crippen molar-refractivity contribution in [2.45, 2.75) is 0 Å². The van der Waals surface area contributed by atoms with Crippen LogP contribution in [0, 0.1) is 0 Å². The average Bonchev–Trinajstić information content (AvgIpc) is 2.27. The van der Waals surface area contributed by atoms with Gasteiger partial charge in [-0.2, -0.15) is 0 Å². The van der Waals surface area contributed by atoms with Crippen molar-refractivity contribution in [1.82, 2.24) is 0 Å². The Hall–Kier alpha value is -1.26.